The van der Waals surface area contributed by atoms with Gasteiger partial charge in [0.25, 0.3) is 0 Å². The highest BCUT2D eigenvalue weighted by Crippen LogP contribution is 1.93. The predicted molar refractivity (Wildman–Crippen MR) is 46.1 cm³/mol. The fraction of sp³-hybridized carbons (Fsp3) is 0.375. The fourth-order valence-electron chi connectivity index (χ4n) is 0.892. The third-order valence-electron chi connectivity index (χ3n) is 1.55. The van der Waals surface area contributed by atoms with Crippen molar-refractivity contribution in [2.75, 3.05) is 12.3 Å². The number of pyridine rings is 1. The minimum absolute atomic E-state index is 0. The highest BCUT2D eigenvalue weighted by molar-refractivity contribution is 5.32. The number of nitrogen functional groups attached to an aromatic ring is 1. The van der Waals surface area contributed by atoms with Gasteiger partial charge in [0.2, 0.25) is 0 Å². The highest BCUT2D eigenvalue weighted by Gasteiger charge is 2.08. The van der Waals surface area contributed by atoms with Crippen molar-refractivity contribution in [2.24, 2.45) is 0 Å². The van der Waals surface area contributed by atoms with Gasteiger partial charge in [0.05, 0.1) is 6.61 Å². The van der Waals surface area contributed by atoms with E-state index in [1.165, 1.54) is 0 Å². The Labute approximate surface area is 76.4 Å². The van der Waals surface area contributed by atoms with Crippen LogP contribution >= 0.6 is 0 Å². The summed E-state index contributed by atoms with van der Waals surface area (Å²) in [6.45, 7) is 0.161. The Morgan fingerprint density at radius 2 is 1.92 bits per heavy atom. The van der Waals surface area contributed by atoms with Gasteiger partial charge in [0.1, 0.15) is 6.10 Å². The minimum Gasteiger partial charge on any atom is -0.870 e. The molecule has 1 aromatic heterocycles. The van der Waals surface area contributed by atoms with Crippen LogP contribution in [-0.4, -0.2) is 28.4 Å². The van der Waals surface area contributed by atoms with Crippen LogP contribution in [0.3, 0.4) is 0 Å². The van der Waals surface area contributed by atoms with Crippen LogP contribution in [0, 0.1) is 0 Å². The summed E-state index contributed by atoms with van der Waals surface area (Å²) in [5, 5.41) is 17.6. The molecular formula is C8H14N2O3. The van der Waals surface area contributed by atoms with Crippen molar-refractivity contribution in [2.45, 2.75) is 12.6 Å². The monoisotopic (exact) mass is 186 g/mol. The number of aliphatic hydroxyl groups is 2. The third-order valence-corrected chi connectivity index (χ3v) is 1.55. The molecule has 0 aliphatic heterocycles. The zero-order valence-electron chi connectivity index (χ0n) is 7.17. The third kappa shape index (κ3) is 3.84. The van der Waals surface area contributed by atoms with Crippen LogP contribution in [0.1, 0.15) is 0 Å². The van der Waals surface area contributed by atoms with Gasteiger partial charge in [-0.15, -0.1) is 0 Å². The summed E-state index contributed by atoms with van der Waals surface area (Å²) in [5.74, 6) is 0. The molecule has 0 radical (unpaired) electrons. The SMILES string of the molecule is Nc1cc[n+](CC(O)CO)cc1.[OH-]. The molecule has 5 nitrogen and oxygen atoms in total. The van der Waals surface area contributed by atoms with Crippen molar-refractivity contribution < 1.29 is 20.3 Å². The summed E-state index contributed by atoms with van der Waals surface area (Å²) in [5.41, 5.74) is 6.15. The van der Waals surface area contributed by atoms with Gasteiger partial charge in [0, 0.05) is 17.8 Å². The van der Waals surface area contributed by atoms with E-state index in [1.54, 1.807) is 29.1 Å². The van der Waals surface area contributed by atoms with E-state index in [1.807, 2.05) is 0 Å². The summed E-state index contributed by atoms with van der Waals surface area (Å²) in [6.07, 6.45) is 2.81. The normalized spacial score (nSPS) is 11.8. The van der Waals surface area contributed by atoms with Crippen molar-refractivity contribution in [3.63, 3.8) is 0 Å². The van der Waals surface area contributed by atoms with Crippen LogP contribution in [0.5, 0.6) is 0 Å². The zero-order valence-corrected chi connectivity index (χ0v) is 7.17. The summed E-state index contributed by atoms with van der Waals surface area (Å²) >= 11 is 0. The molecule has 1 rings (SSSR count). The van der Waals surface area contributed by atoms with Crippen LogP contribution in [0.25, 0.3) is 0 Å². The van der Waals surface area contributed by atoms with Gasteiger partial charge >= 0.3 is 0 Å². The first kappa shape index (κ1) is 11.8. The molecular weight excluding hydrogens is 172 g/mol. The van der Waals surface area contributed by atoms with E-state index >= 15 is 0 Å². The molecule has 13 heavy (non-hydrogen) atoms. The second-order valence-electron chi connectivity index (χ2n) is 2.66. The average Bonchev–Trinajstić information content (AvgIpc) is 2.09. The van der Waals surface area contributed by atoms with Gasteiger partial charge in [0.15, 0.2) is 18.9 Å². The fourth-order valence-corrected chi connectivity index (χ4v) is 0.892. The Kier molecular flexibility index (Phi) is 4.98. The number of aromatic nitrogens is 1. The van der Waals surface area contributed by atoms with Crippen molar-refractivity contribution >= 4 is 5.69 Å². The number of aliphatic hydroxyl groups excluding tert-OH is 2. The molecule has 0 bridgehead atoms. The molecule has 0 aliphatic rings. The molecule has 1 unspecified atom stereocenters. The molecule has 74 valence electrons. The van der Waals surface area contributed by atoms with Gasteiger partial charge in [-0.05, 0) is 0 Å². The molecule has 5 N–H and O–H groups in total. The maximum absolute atomic E-state index is 9.08. The lowest BCUT2D eigenvalue weighted by Crippen LogP contribution is -2.40. The van der Waals surface area contributed by atoms with Gasteiger partial charge in [-0.1, -0.05) is 0 Å². The summed E-state index contributed by atoms with van der Waals surface area (Å²) in [6, 6.07) is 3.48. The van der Waals surface area contributed by atoms with Crippen molar-refractivity contribution in [1.82, 2.24) is 0 Å². The molecule has 0 aliphatic carbocycles. The Morgan fingerprint density at radius 1 is 1.38 bits per heavy atom. The number of hydrogen-bond donors (Lipinski definition) is 3. The minimum atomic E-state index is -0.710. The second kappa shape index (κ2) is 5.47. The lowest BCUT2D eigenvalue weighted by molar-refractivity contribution is -0.703. The number of anilines is 1. The molecule has 1 aromatic rings. The molecule has 0 amide bonds. The van der Waals surface area contributed by atoms with Crippen LogP contribution in [-0.2, 0) is 6.54 Å². The Balaban J connectivity index is 0.00000144. The number of hydrogen-bond acceptors (Lipinski definition) is 4. The quantitative estimate of drug-likeness (QED) is 0.512. The lowest BCUT2D eigenvalue weighted by atomic mass is 10.3. The summed E-state index contributed by atoms with van der Waals surface area (Å²) < 4.78 is 1.76. The first-order chi connectivity index (χ1) is 5.72. The Morgan fingerprint density at radius 3 is 2.38 bits per heavy atom. The van der Waals surface area contributed by atoms with Gasteiger partial charge in [-0.3, -0.25) is 0 Å². The lowest BCUT2D eigenvalue weighted by Gasteiger charge is -2.01. The number of nitrogens with zero attached hydrogens (tertiary/aromatic N) is 1. The van der Waals surface area contributed by atoms with E-state index in [-0.39, 0.29) is 12.1 Å². The van der Waals surface area contributed by atoms with E-state index in [4.69, 9.17) is 15.9 Å². The molecule has 1 heterocycles. The highest BCUT2D eigenvalue weighted by atomic mass is 16.3. The summed E-state index contributed by atoms with van der Waals surface area (Å²) in [4.78, 5) is 0. The number of rotatable bonds is 3. The second-order valence-corrected chi connectivity index (χ2v) is 2.66. The van der Waals surface area contributed by atoms with Crippen LogP contribution < -0.4 is 10.3 Å². The first-order valence-corrected chi connectivity index (χ1v) is 3.76. The largest absolute Gasteiger partial charge is 0.870 e. The average molecular weight is 186 g/mol. The van der Waals surface area contributed by atoms with Crippen LogP contribution in [0.2, 0.25) is 0 Å². The molecule has 1 atom stereocenters. The van der Waals surface area contributed by atoms with E-state index < -0.39 is 6.10 Å². The smallest absolute Gasteiger partial charge is 0.176 e. The Bertz CT molecular complexity index is 238. The first-order valence-electron chi connectivity index (χ1n) is 3.76. The van der Waals surface area contributed by atoms with Crippen molar-refractivity contribution in [3.05, 3.63) is 24.5 Å². The topological polar surface area (TPSA) is 100 Å². The van der Waals surface area contributed by atoms with E-state index in [2.05, 4.69) is 0 Å². The molecule has 0 saturated heterocycles. The van der Waals surface area contributed by atoms with Gasteiger partial charge in [-0.2, -0.15) is 0 Å². The molecule has 5 heteroatoms. The van der Waals surface area contributed by atoms with E-state index in [0.717, 1.165) is 0 Å². The van der Waals surface area contributed by atoms with Crippen molar-refractivity contribution in [1.29, 1.82) is 0 Å². The summed E-state index contributed by atoms with van der Waals surface area (Å²) in [7, 11) is 0. The van der Waals surface area contributed by atoms with E-state index in [9.17, 15) is 0 Å². The maximum atomic E-state index is 9.08. The van der Waals surface area contributed by atoms with Crippen LogP contribution in [0.4, 0.5) is 5.69 Å². The molecule has 0 spiro atoms. The molecule has 0 aromatic carbocycles. The molecule has 0 fully saturated rings. The Hall–Kier alpha value is -1.17. The van der Waals surface area contributed by atoms with E-state index in [0.29, 0.717) is 12.2 Å². The van der Waals surface area contributed by atoms with Crippen molar-refractivity contribution in [3.8, 4) is 0 Å². The number of nitrogens with two attached hydrogens (primary N) is 1. The van der Waals surface area contributed by atoms with Crippen LogP contribution in [0.15, 0.2) is 24.5 Å². The maximum Gasteiger partial charge on any atom is 0.176 e. The van der Waals surface area contributed by atoms with Gasteiger partial charge in [-0.25, -0.2) is 4.57 Å². The van der Waals surface area contributed by atoms with Gasteiger partial charge < -0.3 is 21.4 Å². The standard InChI is InChI=1S/C8H12N2O2.H2O/c9-7-1-3-10(4-2-7)5-8(12)6-11;/h1-4,8-9,11-12H,5-6H2;1H2. The zero-order chi connectivity index (χ0) is 8.97. The predicted octanol–water partition coefficient (Wildman–Crippen LogP) is -1.27. The molecule has 0 saturated carbocycles.